The van der Waals surface area contributed by atoms with Crippen LogP contribution >= 0.6 is 0 Å². The molecule has 5 rings (SSSR count). The van der Waals surface area contributed by atoms with Crippen molar-refractivity contribution in [3.63, 3.8) is 0 Å². The van der Waals surface area contributed by atoms with Crippen LogP contribution in [0, 0.1) is 6.92 Å². The number of nitrogens with zero attached hydrogens (tertiary/aromatic N) is 2. The predicted molar refractivity (Wildman–Crippen MR) is 119 cm³/mol. The van der Waals surface area contributed by atoms with E-state index >= 15 is 0 Å². The van der Waals surface area contributed by atoms with E-state index in [0.29, 0.717) is 18.0 Å². The van der Waals surface area contributed by atoms with Gasteiger partial charge in [-0.3, -0.25) is 14.5 Å². The molecule has 0 unspecified atom stereocenters. The van der Waals surface area contributed by atoms with E-state index in [2.05, 4.69) is 5.32 Å². The first-order valence-corrected chi connectivity index (χ1v) is 10.9. The van der Waals surface area contributed by atoms with E-state index in [0.717, 1.165) is 42.6 Å². The second-order valence-corrected chi connectivity index (χ2v) is 8.82. The number of para-hydroxylation sites is 1. The minimum absolute atomic E-state index is 0.110. The van der Waals surface area contributed by atoms with Crippen molar-refractivity contribution < 1.29 is 14.0 Å². The lowest BCUT2D eigenvalue weighted by atomic mass is 9.92. The van der Waals surface area contributed by atoms with Crippen molar-refractivity contribution >= 4 is 17.5 Å². The van der Waals surface area contributed by atoms with E-state index < -0.39 is 5.54 Å². The van der Waals surface area contributed by atoms with E-state index in [1.54, 1.807) is 11.2 Å². The normalized spacial score (nSPS) is 21.4. The average molecular weight is 418 g/mol. The van der Waals surface area contributed by atoms with E-state index in [1.165, 1.54) is 0 Å². The molecule has 1 aliphatic carbocycles. The molecule has 0 spiro atoms. The summed E-state index contributed by atoms with van der Waals surface area (Å²) in [5.41, 5.74) is 2.02. The third kappa shape index (κ3) is 3.17. The van der Waals surface area contributed by atoms with E-state index in [9.17, 15) is 9.59 Å². The summed E-state index contributed by atoms with van der Waals surface area (Å²) < 4.78 is 7.52. The van der Waals surface area contributed by atoms with Gasteiger partial charge in [-0.05, 0) is 62.6 Å². The quantitative estimate of drug-likeness (QED) is 0.678. The Balaban J connectivity index is 1.62. The van der Waals surface area contributed by atoms with Crippen molar-refractivity contribution in [1.82, 2.24) is 9.88 Å². The maximum Gasteiger partial charge on any atom is 0.275 e. The highest BCUT2D eigenvalue weighted by Crippen LogP contribution is 2.38. The van der Waals surface area contributed by atoms with Crippen LogP contribution in [0.3, 0.4) is 0 Å². The molecule has 2 aliphatic rings. The molecule has 1 fully saturated rings. The first-order valence-electron chi connectivity index (χ1n) is 10.9. The molecule has 1 atom stereocenters. The zero-order valence-electron chi connectivity index (χ0n) is 17.9. The van der Waals surface area contributed by atoms with Gasteiger partial charge in [0.2, 0.25) is 5.91 Å². The average Bonchev–Trinajstić information content (AvgIpc) is 3.50. The molecule has 6 nitrogen and oxygen atoms in total. The number of amides is 2. The van der Waals surface area contributed by atoms with Gasteiger partial charge in [0.15, 0.2) is 0 Å². The van der Waals surface area contributed by atoms with Crippen molar-refractivity contribution in [3.05, 3.63) is 66.1 Å². The molecule has 1 aliphatic heterocycles. The number of aryl methyl sites for hydroxylation is 1. The number of hydrogen-bond donors (Lipinski definition) is 1. The van der Waals surface area contributed by atoms with Gasteiger partial charge in [-0.2, -0.15) is 0 Å². The Bertz CT molecular complexity index is 1120. The van der Waals surface area contributed by atoms with Crippen LogP contribution in [0.15, 0.2) is 59.2 Å². The molecule has 0 radical (unpaired) electrons. The number of carbonyl (C=O) groups is 2. The smallest absolute Gasteiger partial charge is 0.275 e. The zero-order valence-corrected chi connectivity index (χ0v) is 17.9. The van der Waals surface area contributed by atoms with Crippen LogP contribution in [0.4, 0.5) is 5.69 Å². The molecule has 1 aromatic carbocycles. The molecule has 1 saturated carbocycles. The molecule has 6 heteroatoms. The van der Waals surface area contributed by atoms with Crippen LogP contribution < -0.4 is 10.2 Å². The molecule has 2 aromatic heterocycles. The Morgan fingerprint density at radius 2 is 1.81 bits per heavy atom. The van der Waals surface area contributed by atoms with Gasteiger partial charge < -0.3 is 14.3 Å². The van der Waals surface area contributed by atoms with Crippen molar-refractivity contribution in [3.8, 4) is 11.5 Å². The van der Waals surface area contributed by atoms with Crippen LogP contribution in [0.25, 0.3) is 11.5 Å². The third-order valence-corrected chi connectivity index (χ3v) is 6.67. The zero-order chi connectivity index (χ0) is 21.6. The molecular weight excluding hydrogens is 390 g/mol. The molecule has 0 bridgehead atoms. The van der Waals surface area contributed by atoms with Gasteiger partial charge in [0.25, 0.3) is 5.91 Å². The van der Waals surface area contributed by atoms with Gasteiger partial charge in [-0.15, -0.1) is 0 Å². The summed E-state index contributed by atoms with van der Waals surface area (Å²) in [6.45, 7) is 4.19. The fourth-order valence-corrected chi connectivity index (χ4v) is 4.96. The number of benzene rings is 1. The Hall–Kier alpha value is -3.28. The van der Waals surface area contributed by atoms with Gasteiger partial charge in [-0.25, -0.2) is 0 Å². The van der Waals surface area contributed by atoms with Gasteiger partial charge in [0.1, 0.15) is 17.0 Å². The third-order valence-electron chi connectivity index (χ3n) is 6.67. The first kappa shape index (κ1) is 19.7. The summed E-state index contributed by atoms with van der Waals surface area (Å²) in [5.74, 6) is 0.394. The Morgan fingerprint density at radius 3 is 2.52 bits per heavy atom. The highest BCUT2D eigenvalue weighted by Gasteiger charge is 2.49. The van der Waals surface area contributed by atoms with Crippen LogP contribution in [0.5, 0.6) is 0 Å². The SMILES string of the molecule is Cc1ccccc1N1C(=O)c2ccc(-c3ccco3)n2C[C@]1(C)C(=O)NC1CCCC1. The highest BCUT2D eigenvalue weighted by atomic mass is 16.3. The number of aromatic nitrogens is 1. The maximum absolute atomic E-state index is 13.8. The molecule has 1 N–H and O–H groups in total. The molecule has 0 saturated heterocycles. The summed E-state index contributed by atoms with van der Waals surface area (Å²) in [5, 5.41) is 3.24. The molecule has 2 amide bonds. The molecule has 31 heavy (non-hydrogen) atoms. The number of carbonyl (C=O) groups excluding carboxylic acids is 2. The van der Waals surface area contributed by atoms with Crippen molar-refractivity contribution in [2.24, 2.45) is 0 Å². The number of fused-ring (bicyclic) bond motifs is 1. The summed E-state index contributed by atoms with van der Waals surface area (Å²) in [4.78, 5) is 29.2. The van der Waals surface area contributed by atoms with Gasteiger partial charge in [-0.1, -0.05) is 31.0 Å². The number of anilines is 1. The number of nitrogens with one attached hydrogen (secondary N) is 1. The van der Waals surface area contributed by atoms with Crippen LogP contribution in [0.2, 0.25) is 0 Å². The highest BCUT2D eigenvalue weighted by molar-refractivity contribution is 6.12. The minimum atomic E-state index is -1.07. The first-order chi connectivity index (χ1) is 15.0. The van der Waals surface area contributed by atoms with Crippen molar-refractivity contribution in [1.29, 1.82) is 0 Å². The Labute approximate surface area is 181 Å². The minimum Gasteiger partial charge on any atom is -0.463 e. The summed E-state index contributed by atoms with van der Waals surface area (Å²) >= 11 is 0. The molecule has 3 aromatic rings. The Morgan fingerprint density at radius 1 is 1.06 bits per heavy atom. The van der Waals surface area contributed by atoms with Crippen LogP contribution in [-0.2, 0) is 11.3 Å². The second-order valence-electron chi connectivity index (χ2n) is 8.82. The second kappa shape index (κ2) is 7.45. The van der Waals surface area contributed by atoms with Crippen LogP contribution in [0.1, 0.15) is 48.7 Å². The van der Waals surface area contributed by atoms with Crippen molar-refractivity contribution in [2.75, 3.05) is 4.90 Å². The van der Waals surface area contributed by atoms with Crippen LogP contribution in [-0.4, -0.2) is 28.0 Å². The standard InChI is InChI=1S/C25H27N3O3/c1-17-8-3-6-11-19(17)28-23(29)21-14-13-20(22-12-7-15-31-22)27(21)16-25(28,2)24(30)26-18-9-4-5-10-18/h3,6-8,11-15,18H,4-5,9-10,16H2,1-2H3,(H,26,30)/t25-/m1/s1. The van der Waals surface area contributed by atoms with Gasteiger partial charge >= 0.3 is 0 Å². The summed E-state index contributed by atoms with van der Waals surface area (Å²) in [6.07, 6.45) is 5.86. The molecule has 3 heterocycles. The van der Waals surface area contributed by atoms with E-state index in [-0.39, 0.29) is 17.9 Å². The number of hydrogen-bond acceptors (Lipinski definition) is 3. The largest absolute Gasteiger partial charge is 0.463 e. The van der Waals surface area contributed by atoms with Gasteiger partial charge in [0.05, 0.1) is 18.5 Å². The van der Waals surface area contributed by atoms with Gasteiger partial charge in [0, 0.05) is 11.7 Å². The lowest BCUT2D eigenvalue weighted by Crippen LogP contribution is -2.65. The summed E-state index contributed by atoms with van der Waals surface area (Å²) in [6, 6.07) is 15.3. The maximum atomic E-state index is 13.8. The topological polar surface area (TPSA) is 67.5 Å². The summed E-state index contributed by atoms with van der Waals surface area (Å²) in [7, 11) is 0. The number of furan rings is 1. The lowest BCUT2D eigenvalue weighted by Gasteiger charge is -2.45. The fourth-order valence-electron chi connectivity index (χ4n) is 4.96. The monoisotopic (exact) mass is 417 g/mol. The van der Waals surface area contributed by atoms with E-state index in [4.69, 9.17) is 4.42 Å². The Kier molecular flexibility index (Phi) is 4.73. The molecular formula is C25H27N3O3. The number of rotatable bonds is 4. The predicted octanol–water partition coefficient (Wildman–Crippen LogP) is 4.53. The molecule has 160 valence electrons. The lowest BCUT2D eigenvalue weighted by molar-refractivity contribution is -0.127. The van der Waals surface area contributed by atoms with Crippen molar-refractivity contribution in [2.45, 2.75) is 57.7 Å². The fraction of sp³-hybridized carbons (Fsp3) is 0.360. The van der Waals surface area contributed by atoms with E-state index in [1.807, 2.05) is 66.9 Å².